The van der Waals surface area contributed by atoms with Crippen LogP contribution in [0.4, 0.5) is 10.1 Å². The number of rotatable bonds is 7. The van der Waals surface area contributed by atoms with Crippen LogP contribution in [-0.4, -0.2) is 26.5 Å². The Labute approximate surface area is 178 Å². The van der Waals surface area contributed by atoms with Gasteiger partial charge in [-0.15, -0.1) is 10.2 Å². The minimum atomic E-state index is -0.341. The van der Waals surface area contributed by atoms with E-state index in [9.17, 15) is 9.18 Å². The van der Waals surface area contributed by atoms with Gasteiger partial charge in [-0.2, -0.15) is 0 Å². The van der Waals surface area contributed by atoms with Gasteiger partial charge in [-0.3, -0.25) is 4.79 Å². The molecule has 1 amide bonds. The van der Waals surface area contributed by atoms with Gasteiger partial charge in [0.1, 0.15) is 18.2 Å². The molecule has 0 bridgehead atoms. The lowest BCUT2D eigenvalue weighted by atomic mass is 9.86. The number of nitrogens with two attached hydrogens (primary N) is 1. The van der Waals surface area contributed by atoms with Crippen molar-refractivity contribution < 1.29 is 13.9 Å². The molecular formula is C21H24FN5O2S. The molecule has 0 radical (unpaired) electrons. The summed E-state index contributed by atoms with van der Waals surface area (Å²) in [6, 6.07) is 13.4. The number of para-hydroxylation sites is 1. The maximum atomic E-state index is 12.9. The molecule has 3 N–H and O–H groups in total. The van der Waals surface area contributed by atoms with E-state index < -0.39 is 0 Å². The molecule has 0 fully saturated rings. The summed E-state index contributed by atoms with van der Waals surface area (Å²) >= 11 is 1.18. The van der Waals surface area contributed by atoms with Gasteiger partial charge in [-0.05, 0) is 41.3 Å². The van der Waals surface area contributed by atoms with E-state index in [2.05, 4.69) is 36.3 Å². The van der Waals surface area contributed by atoms with E-state index in [0.29, 0.717) is 16.7 Å². The Morgan fingerprint density at radius 2 is 1.87 bits per heavy atom. The number of amides is 1. The molecule has 0 saturated carbocycles. The molecule has 0 unspecified atom stereocenters. The van der Waals surface area contributed by atoms with E-state index in [0.717, 1.165) is 11.3 Å². The highest BCUT2D eigenvalue weighted by Gasteiger charge is 2.19. The van der Waals surface area contributed by atoms with Gasteiger partial charge in [-0.25, -0.2) is 9.07 Å². The van der Waals surface area contributed by atoms with Gasteiger partial charge in [0, 0.05) is 5.69 Å². The average molecular weight is 430 g/mol. The number of halogens is 1. The number of ether oxygens (including phenoxy) is 1. The molecular weight excluding hydrogens is 405 g/mol. The van der Waals surface area contributed by atoms with Crippen LogP contribution in [0.1, 0.15) is 32.2 Å². The summed E-state index contributed by atoms with van der Waals surface area (Å²) in [5.41, 5.74) is 1.76. The van der Waals surface area contributed by atoms with Gasteiger partial charge >= 0.3 is 0 Å². The second kappa shape index (κ2) is 9.17. The van der Waals surface area contributed by atoms with E-state index in [1.54, 1.807) is 0 Å². The lowest BCUT2D eigenvalue weighted by Crippen LogP contribution is -2.20. The summed E-state index contributed by atoms with van der Waals surface area (Å²) in [6.07, 6.45) is 0. The Morgan fingerprint density at radius 1 is 1.17 bits per heavy atom. The smallest absolute Gasteiger partial charge is 0.234 e. The topological polar surface area (TPSA) is 95.1 Å². The first kappa shape index (κ1) is 21.6. The number of carbonyl (C=O) groups is 1. The van der Waals surface area contributed by atoms with Crippen molar-refractivity contribution in [2.24, 2.45) is 0 Å². The van der Waals surface area contributed by atoms with E-state index in [-0.39, 0.29) is 29.5 Å². The van der Waals surface area contributed by atoms with E-state index >= 15 is 0 Å². The molecule has 9 heteroatoms. The molecule has 0 aliphatic carbocycles. The lowest BCUT2D eigenvalue weighted by Gasteiger charge is -2.22. The first-order valence-electron chi connectivity index (χ1n) is 9.34. The molecule has 1 heterocycles. The third-order valence-electron chi connectivity index (χ3n) is 4.26. The Hall–Kier alpha value is -3.07. The van der Waals surface area contributed by atoms with Crippen LogP contribution in [-0.2, 0) is 16.8 Å². The lowest BCUT2D eigenvalue weighted by molar-refractivity contribution is -0.113. The van der Waals surface area contributed by atoms with Crippen molar-refractivity contribution >= 4 is 23.4 Å². The van der Waals surface area contributed by atoms with Crippen molar-refractivity contribution in [3.8, 4) is 5.75 Å². The molecule has 0 saturated heterocycles. The standard InChI is InChI=1S/C21H24FN5O2S/c1-21(2,3)16-6-4-5-7-17(16)24-19(28)13-30-20-26-25-18(27(20)23)12-29-15-10-8-14(22)9-11-15/h4-11H,12-13,23H2,1-3H3,(H,24,28). The van der Waals surface area contributed by atoms with Crippen LogP contribution in [0.3, 0.4) is 0 Å². The number of aromatic nitrogens is 3. The minimum absolute atomic E-state index is 0.0703. The van der Waals surface area contributed by atoms with Crippen molar-refractivity contribution in [1.82, 2.24) is 14.9 Å². The van der Waals surface area contributed by atoms with Crippen LogP contribution in [0.2, 0.25) is 0 Å². The molecule has 1 aromatic heterocycles. The molecule has 0 atom stereocenters. The SMILES string of the molecule is CC(C)(C)c1ccccc1NC(=O)CSc1nnc(COc2ccc(F)cc2)n1N. The molecule has 7 nitrogen and oxygen atoms in total. The highest BCUT2D eigenvalue weighted by Crippen LogP contribution is 2.29. The summed E-state index contributed by atoms with van der Waals surface area (Å²) in [7, 11) is 0. The first-order chi connectivity index (χ1) is 14.2. The van der Waals surface area contributed by atoms with Crippen LogP contribution >= 0.6 is 11.8 Å². The molecule has 2 aromatic carbocycles. The Balaban J connectivity index is 1.56. The summed E-state index contributed by atoms with van der Waals surface area (Å²) in [4.78, 5) is 12.4. The maximum absolute atomic E-state index is 12.9. The van der Waals surface area contributed by atoms with Gasteiger partial charge in [0.05, 0.1) is 5.75 Å². The number of thioether (sulfide) groups is 1. The summed E-state index contributed by atoms with van der Waals surface area (Å²) in [5.74, 6) is 6.52. The molecule has 158 valence electrons. The number of nitrogen functional groups attached to an aromatic ring is 1. The third-order valence-corrected chi connectivity index (χ3v) is 5.20. The minimum Gasteiger partial charge on any atom is -0.486 e. The first-order valence-corrected chi connectivity index (χ1v) is 10.3. The average Bonchev–Trinajstić information content (AvgIpc) is 3.05. The highest BCUT2D eigenvalue weighted by molar-refractivity contribution is 7.99. The van der Waals surface area contributed by atoms with Crippen molar-refractivity contribution in [3.05, 3.63) is 65.7 Å². The second-order valence-electron chi connectivity index (χ2n) is 7.64. The maximum Gasteiger partial charge on any atom is 0.234 e. The monoisotopic (exact) mass is 429 g/mol. The molecule has 0 aliphatic heterocycles. The normalized spacial score (nSPS) is 11.3. The van der Waals surface area contributed by atoms with E-state index in [1.807, 2.05) is 24.3 Å². The van der Waals surface area contributed by atoms with Crippen molar-refractivity contribution in [2.75, 3.05) is 16.9 Å². The van der Waals surface area contributed by atoms with Crippen molar-refractivity contribution in [2.45, 2.75) is 37.9 Å². The van der Waals surface area contributed by atoms with E-state index in [1.165, 1.54) is 40.7 Å². The predicted octanol–water partition coefficient (Wildman–Crippen LogP) is 3.74. The number of nitrogens with one attached hydrogen (secondary N) is 1. The van der Waals surface area contributed by atoms with Crippen LogP contribution in [0.25, 0.3) is 0 Å². The number of carbonyl (C=O) groups excluding carboxylic acids is 1. The number of hydrogen-bond acceptors (Lipinski definition) is 6. The fourth-order valence-corrected chi connectivity index (χ4v) is 3.42. The van der Waals surface area contributed by atoms with Crippen LogP contribution in [0, 0.1) is 5.82 Å². The number of nitrogens with zero attached hydrogens (tertiary/aromatic N) is 3. The van der Waals surface area contributed by atoms with Crippen LogP contribution in [0.15, 0.2) is 53.7 Å². The van der Waals surface area contributed by atoms with Gasteiger partial charge in [0.25, 0.3) is 0 Å². The summed E-state index contributed by atoms with van der Waals surface area (Å²) in [6.45, 7) is 6.36. The molecule has 3 aromatic rings. The van der Waals surface area contributed by atoms with E-state index in [4.69, 9.17) is 10.6 Å². The van der Waals surface area contributed by atoms with Crippen molar-refractivity contribution in [1.29, 1.82) is 0 Å². The fraction of sp³-hybridized carbons (Fsp3) is 0.286. The summed E-state index contributed by atoms with van der Waals surface area (Å²) < 4.78 is 19.8. The zero-order valence-electron chi connectivity index (χ0n) is 17.1. The Bertz CT molecular complexity index is 1010. The van der Waals surface area contributed by atoms with Gasteiger partial charge in [-0.1, -0.05) is 50.7 Å². The molecule has 0 aliphatic rings. The Kier molecular flexibility index (Phi) is 6.61. The van der Waals surface area contributed by atoms with Crippen molar-refractivity contribution in [3.63, 3.8) is 0 Å². The highest BCUT2D eigenvalue weighted by atomic mass is 32.2. The van der Waals surface area contributed by atoms with Gasteiger partial charge in [0.2, 0.25) is 11.1 Å². The summed E-state index contributed by atoms with van der Waals surface area (Å²) in [5, 5.41) is 11.3. The zero-order chi connectivity index (χ0) is 21.7. The number of anilines is 1. The predicted molar refractivity (Wildman–Crippen MR) is 115 cm³/mol. The largest absolute Gasteiger partial charge is 0.486 e. The van der Waals surface area contributed by atoms with Gasteiger partial charge in [0.15, 0.2) is 5.82 Å². The van der Waals surface area contributed by atoms with Crippen LogP contribution < -0.4 is 15.9 Å². The number of benzene rings is 2. The third kappa shape index (κ3) is 5.50. The van der Waals surface area contributed by atoms with Gasteiger partial charge < -0.3 is 15.9 Å². The quantitative estimate of drug-likeness (QED) is 0.439. The fourth-order valence-electron chi connectivity index (χ4n) is 2.75. The zero-order valence-corrected chi connectivity index (χ0v) is 17.9. The molecule has 30 heavy (non-hydrogen) atoms. The second-order valence-corrected chi connectivity index (χ2v) is 8.59. The van der Waals surface area contributed by atoms with Crippen LogP contribution in [0.5, 0.6) is 5.75 Å². The molecule has 0 spiro atoms. The molecule has 3 rings (SSSR count). The Morgan fingerprint density at radius 3 is 2.57 bits per heavy atom. The number of hydrogen-bond donors (Lipinski definition) is 2.